The lowest BCUT2D eigenvalue weighted by atomic mass is 10.0. The summed E-state index contributed by atoms with van der Waals surface area (Å²) in [6, 6.07) is 13.3. The highest BCUT2D eigenvalue weighted by Crippen LogP contribution is 2.35. The number of benzene rings is 3. The van der Waals surface area contributed by atoms with Gasteiger partial charge in [0.1, 0.15) is 5.57 Å². The summed E-state index contributed by atoms with van der Waals surface area (Å²) in [7, 11) is 1.45. The fourth-order valence-electron chi connectivity index (χ4n) is 4.10. The molecule has 0 saturated carbocycles. The van der Waals surface area contributed by atoms with Crippen LogP contribution in [0.15, 0.2) is 54.1 Å². The molecule has 2 N–H and O–H groups in total. The Morgan fingerprint density at radius 2 is 1.75 bits per heavy atom. The van der Waals surface area contributed by atoms with Gasteiger partial charge in [-0.15, -0.1) is 0 Å². The number of nitrogens with one attached hydrogen (secondary N) is 2. The molecule has 1 saturated heterocycles. The van der Waals surface area contributed by atoms with E-state index in [1.54, 1.807) is 30.3 Å². The van der Waals surface area contributed by atoms with Gasteiger partial charge in [-0.05, 0) is 115 Å². The Kier molecular flexibility index (Phi) is 8.58. The predicted octanol–water partition coefficient (Wildman–Crippen LogP) is 5.22. The van der Waals surface area contributed by atoms with Crippen molar-refractivity contribution in [2.24, 2.45) is 0 Å². The van der Waals surface area contributed by atoms with Crippen LogP contribution < -0.4 is 25.0 Å². The van der Waals surface area contributed by atoms with E-state index in [0.29, 0.717) is 32.0 Å². The van der Waals surface area contributed by atoms with Crippen LogP contribution in [-0.4, -0.2) is 37.5 Å². The third-order valence-corrected chi connectivity index (χ3v) is 7.44. The number of hydrogen-bond donors (Lipinski definition) is 2. The lowest BCUT2D eigenvalue weighted by molar-refractivity contribution is -0.122. The molecule has 1 aliphatic rings. The number of nitrogens with zero attached hydrogens (tertiary/aromatic N) is 1. The van der Waals surface area contributed by atoms with Crippen molar-refractivity contribution < 1.29 is 28.7 Å². The lowest BCUT2D eigenvalue weighted by Crippen LogP contribution is -2.54. The molecule has 0 atom stereocenters. The number of anilines is 2. The fraction of sp³-hybridized carbons (Fsp3) is 0.200. The normalized spacial score (nSPS) is 14.3. The molecule has 0 aliphatic carbocycles. The number of carbonyl (C=O) groups excluding carboxylic acids is 4. The summed E-state index contributed by atoms with van der Waals surface area (Å²) < 4.78 is 11.9. The fourth-order valence-corrected chi connectivity index (χ4v) is 4.88. The Labute approximate surface area is 245 Å². The van der Waals surface area contributed by atoms with Gasteiger partial charge in [-0.3, -0.25) is 19.7 Å². The van der Waals surface area contributed by atoms with Crippen LogP contribution in [0.25, 0.3) is 6.08 Å². The van der Waals surface area contributed by atoms with Crippen molar-refractivity contribution >= 4 is 63.8 Å². The molecule has 0 spiro atoms. The number of carbonyl (C=O) groups is 4. The Balaban J connectivity index is 1.57. The van der Waals surface area contributed by atoms with Crippen molar-refractivity contribution in [3.8, 4) is 11.5 Å². The Morgan fingerprint density at radius 1 is 1.00 bits per heavy atom. The number of hydrogen-bond acceptors (Lipinski definition) is 6. The third kappa shape index (κ3) is 6.01. The molecule has 0 aromatic heterocycles. The monoisotopic (exact) mass is 653 g/mol. The van der Waals surface area contributed by atoms with Crippen LogP contribution in [0.4, 0.5) is 16.2 Å². The van der Waals surface area contributed by atoms with Crippen molar-refractivity contribution in [1.29, 1.82) is 0 Å². The second-order valence-corrected chi connectivity index (χ2v) is 10.5. The average Bonchev–Trinajstić information content (AvgIpc) is 2.90. The maximum Gasteiger partial charge on any atom is 0.335 e. The molecule has 1 aliphatic heterocycles. The van der Waals surface area contributed by atoms with Crippen LogP contribution in [0.5, 0.6) is 11.5 Å². The van der Waals surface area contributed by atoms with Gasteiger partial charge >= 0.3 is 6.03 Å². The van der Waals surface area contributed by atoms with E-state index < -0.39 is 17.8 Å². The molecule has 1 heterocycles. The van der Waals surface area contributed by atoms with E-state index >= 15 is 0 Å². The molecule has 9 nitrogen and oxygen atoms in total. The number of amides is 5. The van der Waals surface area contributed by atoms with E-state index in [0.717, 1.165) is 27.2 Å². The van der Waals surface area contributed by atoms with Gasteiger partial charge in [-0.2, -0.15) is 0 Å². The minimum absolute atomic E-state index is 0.211. The van der Waals surface area contributed by atoms with Crippen LogP contribution in [-0.2, 0) is 14.4 Å². The summed E-state index contributed by atoms with van der Waals surface area (Å²) >= 11 is 2.03. The molecule has 206 valence electrons. The third-order valence-electron chi connectivity index (χ3n) is 6.64. The maximum atomic E-state index is 13.3. The molecule has 5 amide bonds. The standard InChI is InChI=1S/C30H28IN3O6/c1-16-9-10-21(11-18(16)3)34-29(37)22(28(36)33-30(34)38)12-20-13-23(31)27(25(14-20)39-5)40-15-26(35)32-24-8-6-7-17(2)19(24)4/h6-14H,15H2,1-5H3,(H,32,35)(H,33,36,38)/b22-12-. The van der Waals surface area contributed by atoms with E-state index in [2.05, 4.69) is 10.6 Å². The summed E-state index contributed by atoms with van der Waals surface area (Å²) in [5, 5.41) is 5.08. The smallest absolute Gasteiger partial charge is 0.335 e. The van der Waals surface area contributed by atoms with E-state index in [9.17, 15) is 19.2 Å². The molecule has 0 bridgehead atoms. The quantitative estimate of drug-likeness (QED) is 0.206. The van der Waals surface area contributed by atoms with Gasteiger partial charge in [0, 0.05) is 5.69 Å². The summed E-state index contributed by atoms with van der Waals surface area (Å²) in [5.74, 6) is -1.22. The van der Waals surface area contributed by atoms with Crippen molar-refractivity contribution in [3.63, 3.8) is 0 Å². The van der Waals surface area contributed by atoms with Gasteiger partial charge in [0.25, 0.3) is 17.7 Å². The average molecular weight is 653 g/mol. The van der Waals surface area contributed by atoms with E-state index in [1.165, 1.54) is 13.2 Å². The number of barbiturate groups is 1. The highest BCUT2D eigenvalue weighted by molar-refractivity contribution is 14.1. The van der Waals surface area contributed by atoms with Crippen LogP contribution >= 0.6 is 22.6 Å². The van der Waals surface area contributed by atoms with Crippen LogP contribution in [0.2, 0.25) is 0 Å². The number of ether oxygens (including phenoxy) is 2. The van der Waals surface area contributed by atoms with Gasteiger partial charge in [0.2, 0.25) is 0 Å². The zero-order valence-electron chi connectivity index (χ0n) is 22.7. The second kappa shape index (κ2) is 11.9. The molecule has 1 fully saturated rings. The Bertz CT molecular complexity index is 1580. The van der Waals surface area contributed by atoms with Crippen LogP contribution in [0, 0.1) is 31.3 Å². The van der Waals surface area contributed by atoms with Crippen LogP contribution in [0.3, 0.4) is 0 Å². The topological polar surface area (TPSA) is 114 Å². The molecule has 10 heteroatoms. The predicted molar refractivity (Wildman–Crippen MR) is 161 cm³/mol. The number of aryl methyl sites for hydroxylation is 3. The molecule has 40 heavy (non-hydrogen) atoms. The number of urea groups is 1. The number of methoxy groups -OCH3 is 1. The summed E-state index contributed by atoms with van der Waals surface area (Å²) in [4.78, 5) is 52.0. The minimum Gasteiger partial charge on any atom is -0.493 e. The minimum atomic E-state index is -0.814. The van der Waals surface area contributed by atoms with Gasteiger partial charge < -0.3 is 14.8 Å². The molecule has 0 unspecified atom stereocenters. The first-order valence-corrected chi connectivity index (χ1v) is 13.4. The molecule has 3 aromatic rings. The largest absolute Gasteiger partial charge is 0.493 e. The highest BCUT2D eigenvalue weighted by atomic mass is 127. The summed E-state index contributed by atoms with van der Waals surface area (Å²) in [5.41, 5.74) is 5.27. The van der Waals surface area contributed by atoms with Crippen molar-refractivity contribution in [2.45, 2.75) is 27.7 Å². The number of rotatable bonds is 7. The second-order valence-electron chi connectivity index (χ2n) is 9.34. The Hall–Kier alpha value is -4.19. The van der Waals surface area contributed by atoms with Crippen molar-refractivity contribution in [2.75, 3.05) is 23.9 Å². The maximum absolute atomic E-state index is 13.3. The highest BCUT2D eigenvalue weighted by Gasteiger charge is 2.37. The van der Waals surface area contributed by atoms with E-state index in [1.807, 2.05) is 68.5 Å². The molecule has 0 radical (unpaired) electrons. The SMILES string of the molecule is COc1cc(/C=C2/C(=O)NC(=O)N(c3ccc(C)c(C)c3)C2=O)cc(I)c1OCC(=O)Nc1cccc(C)c1C. The number of halogens is 1. The van der Waals surface area contributed by atoms with Gasteiger partial charge in [0.15, 0.2) is 18.1 Å². The zero-order chi connectivity index (χ0) is 29.1. The van der Waals surface area contributed by atoms with Crippen molar-refractivity contribution in [1.82, 2.24) is 5.32 Å². The first-order chi connectivity index (χ1) is 19.0. The molecule has 4 rings (SSSR count). The summed E-state index contributed by atoms with van der Waals surface area (Å²) in [6.07, 6.45) is 1.39. The first-order valence-electron chi connectivity index (χ1n) is 12.3. The summed E-state index contributed by atoms with van der Waals surface area (Å²) in [6.45, 7) is 7.44. The van der Waals surface area contributed by atoms with E-state index in [-0.39, 0.29) is 18.1 Å². The van der Waals surface area contributed by atoms with E-state index in [4.69, 9.17) is 9.47 Å². The van der Waals surface area contributed by atoms with Gasteiger partial charge in [-0.1, -0.05) is 18.2 Å². The Morgan fingerprint density at radius 3 is 2.45 bits per heavy atom. The van der Waals surface area contributed by atoms with Gasteiger partial charge in [-0.25, -0.2) is 9.69 Å². The molecular formula is C30H28IN3O6. The zero-order valence-corrected chi connectivity index (χ0v) is 24.8. The van der Waals surface area contributed by atoms with Crippen LogP contribution in [0.1, 0.15) is 27.8 Å². The molecular weight excluding hydrogens is 625 g/mol. The van der Waals surface area contributed by atoms with Crippen molar-refractivity contribution in [3.05, 3.63) is 85.5 Å². The first kappa shape index (κ1) is 28.8. The lowest BCUT2D eigenvalue weighted by Gasteiger charge is -2.27. The number of imide groups is 2. The van der Waals surface area contributed by atoms with Gasteiger partial charge in [0.05, 0.1) is 16.4 Å². The molecule has 3 aromatic carbocycles.